The topological polar surface area (TPSA) is 77.5 Å². The number of halogens is 1. The van der Waals surface area contributed by atoms with E-state index in [4.69, 9.17) is 21.1 Å². The summed E-state index contributed by atoms with van der Waals surface area (Å²) in [5.74, 6) is -0.429. The number of hydrogen-bond donors (Lipinski definition) is 1. The van der Waals surface area contributed by atoms with E-state index in [0.29, 0.717) is 16.6 Å². The molecule has 0 aliphatic rings. The Labute approximate surface area is 154 Å². The second-order valence-electron chi connectivity index (χ2n) is 4.96. The molecule has 0 bridgehead atoms. The van der Waals surface area contributed by atoms with Crippen molar-refractivity contribution in [1.82, 2.24) is 4.98 Å². The van der Waals surface area contributed by atoms with Crippen molar-refractivity contribution in [3.8, 4) is 5.75 Å². The van der Waals surface area contributed by atoms with Gasteiger partial charge in [-0.25, -0.2) is 9.78 Å². The SMILES string of the molecule is COc1cc(SC)ccc1C(=O)O[C@@H](C)C(=O)Nc1ccc(Cl)cn1. The van der Waals surface area contributed by atoms with E-state index in [9.17, 15) is 9.59 Å². The molecule has 0 unspecified atom stereocenters. The van der Waals surface area contributed by atoms with Gasteiger partial charge in [-0.05, 0) is 43.5 Å². The molecule has 0 fully saturated rings. The first-order chi connectivity index (χ1) is 11.9. The Balaban J connectivity index is 2.04. The Morgan fingerprint density at radius 1 is 1.28 bits per heavy atom. The van der Waals surface area contributed by atoms with Crippen LogP contribution in [0.3, 0.4) is 0 Å². The van der Waals surface area contributed by atoms with Crippen LogP contribution in [0.4, 0.5) is 5.82 Å². The molecule has 132 valence electrons. The number of carbonyl (C=O) groups excluding carboxylic acids is 2. The molecule has 1 aromatic heterocycles. The maximum absolute atomic E-state index is 12.3. The number of nitrogens with zero attached hydrogens (tertiary/aromatic N) is 1. The number of aromatic nitrogens is 1. The molecule has 25 heavy (non-hydrogen) atoms. The molecule has 0 aliphatic heterocycles. The van der Waals surface area contributed by atoms with E-state index in [0.717, 1.165) is 4.90 Å². The number of nitrogens with one attached hydrogen (secondary N) is 1. The largest absolute Gasteiger partial charge is 0.496 e. The van der Waals surface area contributed by atoms with Crippen molar-refractivity contribution < 1.29 is 19.1 Å². The zero-order valence-electron chi connectivity index (χ0n) is 13.9. The van der Waals surface area contributed by atoms with Crippen molar-refractivity contribution in [2.45, 2.75) is 17.9 Å². The molecule has 1 N–H and O–H groups in total. The first kappa shape index (κ1) is 19.1. The lowest BCUT2D eigenvalue weighted by Gasteiger charge is -2.15. The molecule has 2 rings (SSSR count). The lowest BCUT2D eigenvalue weighted by molar-refractivity contribution is -0.123. The number of carbonyl (C=O) groups is 2. The highest BCUT2D eigenvalue weighted by atomic mass is 35.5. The molecule has 2 aromatic rings. The van der Waals surface area contributed by atoms with Crippen molar-refractivity contribution in [3.05, 3.63) is 47.1 Å². The standard InChI is InChI=1S/C17H17ClN2O4S/c1-10(16(21)20-15-7-4-11(18)9-19-15)24-17(22)13-6-5-12(25-3)8-14(13)23-2/h4-10H,1-3H3,(H,19,20,21)/t10-/m0/s1. The molecule has 6 nitrogen and oxygen atoms in total. The van der Waals surface area contributed by atoms with Crippen molar-refractivity contribution in [2.24, 2.45) is 0 Å². The molecule has 8 heteroatoms. The summed E-state index contributed by atoms with van der Waals surface area (Å²) in [5.41, 5.74) is 0.254. The summed E-state index contributed by atoms with van der Waals surface area (Å²) in [6.45, 7) is 1.48. The molecule has 1 atom stereocenters. The number of hydrogen-bond acceptors (Lipinski definition) is 6. The fraction of sp³-hybridized carbons (Fsp3) is 0.235. The summed E-state index contributed by atoms with van der Waals surface area (Å²) in [6, 6.07) is 8.28. The van der Waals surface area contributed by atoms with Gasteiger partial charge in [-0.3, -0.25) is 4.79 Å². The summed E-state index contributed by atoms with van der Waals surface area (Å²) in [5, 5.41) is 3.01. The van der Waals surface area contributed by atoms with Gasteiger partial charge in [0, 0.05) is 11.1 Å². The van der Waals surface area contributed by atoms with Gasteiger partial charge in [0.05, 0.1) is 12.1 Å². The first-order valence-corrected chi connectivity index (χ1v) is 8.90. The van der Waals surface area contributed by atoms with Gasteiger partial charge in [-0.15, -0.1) is 11.8 Å². The number of methoxy groups -OCH3 is 1. The average molecular weight is 381 g/mol. The van der Waals surface area contributed by atoms with Crippen molar-refractivity contribution in [3.63, 3.8) is 0 Å². The van der Waals surface area contributed by atoms with Crippen LogP contribution in [-0.4, -0.2) is 36.3 Å². The van der Waals surface area contributed by atoms with Crippen LogP contribution >= 0.6 is 23.4 Å². The van der Waals surface area contributed by atoms with Gasteiger partial charge in [0.15, 0.2) is 6.10 Å². The smallest absolute Gasteiger partial charge is 0.342 e. The monoisotopic (exact) mass is 380 g/mol. The molecule has 1 heterocycles. The summed E-state index contributed by atoms with van der Waals surface area (Å²) < 4.78 is 10.4. The normalized spacial score (nSPS) is 11.5. The minimum absolute atomic E-state index is 0.254. The van der Waals surface area contributed by atoms with Crippen LogP contribution in [0.1, 0.15) is 17.3 Å². The van der Waals surface area contributed by atoms with Crippen LogP contribution in [0.15, 0.2) is 41.4 Å². The van der Waals surface area contributed by atoms with Gasteiger partial charge in [0.2, 0.25) is 0 Å². The van der Waals surface area contributed by atoms with Gasteiger partial charge >= 0.3 is 5.97 Å². The lowest BCUT2D eigenvalue weighted by atomic mass is 10.2. The molecule has 1 amide bonds. The highest BCUT2D eigenvalue weighted by Crippen LogP contribution is 2.26. The van der Waals surface area contributed by atoms with Gasteiger partial charge in [0.25, 0.3) is 5.91 Å². The van der Waals surface area contributed by atoms with E-state index in [2.05, 4.69) is 10.3 Å². The number of ether oxygens (including phenoxy) is 2. The zero-order valence-corrected chi connectivity index (χ0v) is 15.5. The lowest BCUT2D eigenvalue weighted by Crippen LogP contribution is -2.30. The quantitative estimate of drug-likeness (QED) is 0.608. The average Bonchev–Trinajstić information content (AvgIpc) is 2.62. The van der Waals surface area contributed by atoms with Gasteiger partial charge < -0.3 is 14.8 Å². The van der Waals surface area contributed by atoms with Crippen molar-refractivity contribution >= 4 is 41.1 Å². The highest BCUT2D eigenvalue weighted by molar-refractivity contribution is 7.98. The maximum Gasteiger partial charge on any atom is 0.342 e. The molecule has 0 spiro atoms. The Kier molecular flexibility index (Phi) is 6.66. The summed E-state index contributed by atoms with van der Waals surface area (Å²) in [7, 11) is 1.47. The fourth-order valence-corrected chi connectivity index (χ4v) is 2.46. The van der Waals surface area contributed by atoms with Crippen LogP contribution in [0.2, 0.25) is 5.02 Å². The first-order valence-electron chi connectivity index (χ1n) is 7.30. The second kappa shape index (κ2) is 8.73. The predicted molar refractivity (Wildman–Crippen MR) is 97.5 cm³/mol. The third-order valence-corrected chi connectivity index (χ3v) is 4.21. The number of amides is 1. The number of benzene rings is 1. The van der Waals surface area contributed by atoms with Gasteiger partial charge in [-0.2, -0.15) is 0 Å². The number of thioether (sulfide) groups is 1. The van der Waals surface area contributed by atoms with Crippen molar-refractivity contribution in [1.29, 1.82) is 0 Å². The van der Waals surface area contributed by atoms with Crippen LogP contribution in [0, 0.1) is 0 Å². The fourth-order valence-electron chi connectivity index (χ4n) is 1.92. The van der Waals surface area contributed by atoms with E-state index in [1.54, 1.807) is 30.3 Å². The van der Waals surface area contributed by atoms with Crippen LogP contribution < -0.4 is 10.1 Å². The Hall–Kier alpha value is -2.25. The Morgan fingerprint density at radius 2 is 2.04 bits per heavy atom. The number of anilines is 1. The van der Waals surface area contributed by atoms with E-state index in [-0.39, 0.29) is 5.56 Å². The second-order valence-corrected chi connectivity index (χ2v) is 6.28. The molecule has 1 aromatic carbocycles. The van der Waals surface area contributed by atoms with Crippen LogP contribution in [0.5, 0.6) is 5.75 Å². The van der Waals surface area contributed by atoms with Crippen LogP contribution in [-0.2, 0) is 9.53 Å². The van der Waals surface area contributed by atoms with Gasteiger partial charge in [0.1, 0.15) is 17.1 Å². The van der Waals surface area contributed by atoms with Crippen molar-refractivity contribution in [2.75, 3.05) is 18.7 Å². The summed E-state index contributed by atoms with van der Waals surface area (Å²) >= 11 is 7.27. The van der Waals surface area contributed by atoms with E-state index >= 15 is 0 Å². The Morgan fingerprint density at radius 3 is 2.64 bits per heavy atom. The molecule has 0 radical (unpaired) electrons. The molecule has 0 saturated heterocycles. The van der Waals surface area contributed by atoms with Crippen LogP contribution in [0.25, 0.3) is 0 Å². The number of esters is 1. The Bertz CT molecular complexity index is 768. The minimum atomic E-state index is -1.00. The maximum atomic E-state index is 12.3. The molecule has 0 saturated carbocycles. The number of rotatable bonds is 6. The summed E-state index contributed by atoms with van der Waals surface area (Å²) in [6.07, 6.45) is 2.32. The predicted octanol–water partition coefficient (Wildman–Crippen LogP) is 3.65. The third-order valence-electron chi connectivity index (χ3n) is 3.26. The van der Waals surface area contributed by atoms with E-state index in [1.807, 2.05) is 6.26 Å². The van der Waals surface area contributed by atoms with E-state index in [1.165, 1.54) is 32.0 Å². The summed E-state index contributed by atoms with van der Waals surface area (Å²) in [4.78, 5) is 29.3. The minimum Gasteiger partial charge on any atom is -0.496 e. The van der Waals surface area contributed by atoms with E-state index < -0.39 is 18.0 Å². The molecule has 0 aliphatic carbocycles. The third kappa shape index (κ3) is 5.11. The highest BCUT2D eigenvalue weighted by Gasteiger charge is 2.22. The molecular weight excluding hydrogens is 364 g/mol. The number of pyridine rings is 1. The van der Waals surface area contributed by atoms with Gasteiger partial charge in [-0.1, -0.05) is 11.6 Å². The molecular formula is C17H17ClN2O4S. The zero-order chi connectivity index (χ0) is 18.4.